The molecule has 0 aliphatic rings. The molecular formula is C9H18NO5P. The predicted octanol–water partition coefficient (Wildman–Crippen LogP) is 0.343. The SMILES string of the molecule is C=CC(=O)NC(C)(C)CC(C)(O)P(=O)(O)O. The first kappa shape index (κ1) is 15.3. The highest BCUT2D eigenvalue weighted by Crippen LogP contribution is 2.51. The summed E-state index contributed by atoms with van der Waals surface area (Å²) in [6.45, 7) is 7.41. The van der Waals surface area contributed by atoms with Gasteiger partial charge in [-0.25, -0.2) is 0 Å². The summed E-state index contributed by atoms with van der Waals surface area (Å²) in [5.41, 5.74) is -0.949. The standard InChI is InChI=1S/C9H18NO5P/c1-5-7(11)10-8(2,3)6-9(4,12)16(13,14)15/h5,12H,1,6H2,2-4H3,(H,10,11)(H2,13,14,15). The van der Waals surface area contributed by atoms with Crippen molar-refractivity contribution in [2.45, 2.75) is 38.1 Å². The highest BCUT2D eigenvalue weighted by atomic mass is 31.2. The van der Waals surface area contributed by atoms with Crippen LogP contribution < -0.4 is 5.32 Å². The molecule has 0 aliphatic carbocycles. The molecule has 1 amide bonds. The van der Waals surface area contributed by atoms with Gasteiger partial charge in [-0.15, -0.1) is 0 Å². The molecule has 0 radical (unpaired) electrons. The zero-order valence-corrected chi connectivity index (χ0v) is 10.5. The van der Waals surface area contributed by atoms with Gasteiger partial charge in [0, 0.05) is 12.0 Å². The van der Waals surface area contributed by atoms with E-state index in [1.54, 1.807) is 13.8 Å². The second-order valence-electron chi connectivity index (χ2n) is 4.52. The maximum Gasteiger partial charge on any atom is 0.356 e. The second-order valence-corrected chi connectivity index (χ2v) is 6.57. The van der Waals surface area contributed by atoms with Crippen LogP contribution in [-0.4, -0.2) is 31.7 Å². The summed E-state index contributed by atoms with van der Waals surface area (Å²) in [6.07, 6.45) is 0.776. The minimum Gasteiger partial charge on any atom is -0.377 e. The van der Waals surface area contributed by atoms with Crippen LogP contribution in [0, 0.1) is 0 Å². The van der Waals surface area contributed by atoms with Gasteiger partial charge in [0.1, 0.15) is 0 Å². The highest BCUT2D eigenvalue weighted by molar-refractivity contribution is 7.53. The van der Waals surface area contributed by atoms with E-state index < -0.39 is 24.4 Å². The monoisotopic (exact) mass is 251 g/mol. The first-order chi connectivity index (χ1) is 6.91. The van der Waals surface area contributed by atoms with Gasteiger partial charge in [0.15, 0.2) is 5.34 Å². The van der Waals surface area contributed by atoms with Gasteiger partial charge in [0.05, 0.1) is 0 Å². The number of aliphatic hydroxyl groups is 1. The average molecular weight is 251 g/mol. The van der Waals surface area contributed by atoms with Crippen LogP contribution in [0.4, 0.5) is 0 Å². The zero-order chi connectivity index (χ0) is 13.2. The Bertz CT molecular complexity index is 331. The van der Waals surface area contributed by atoms with Crippen molar-refractivity contribution in [3.8, 4) is 0 Å². The fourth-order valence-corrected chi connectivity index (χ4v) is 1.97. The van der Waals surface area contributed by atoms with E-state index in [1.807, 2.05) is 0 Å². The van der Waals surface area contributed by atoms with E-state index in [0.717, 1.165) is 13.0 Å². The Balaban J connectivity index is 4.77. The number of carbonyl (C=O) groups is 1. The molecule has 0 aliphatic heterocycles. The molecule has 4 N–H and O–H groups in total. The molecule has 0 aromatic carbocycles. The van der Waals surface area contributed by atoms with E-state index in [1.165, 1.54) is 0 Å². The third kappa shape index (κ3) is 4.45. The Morgan fingerprint density at radius 1 is 1.44 bits per heavy atom. The van der Waals surface area contributed by atoms with Crippen LogP contribution in [0.15, 0.2) is 12.7 Å². The number of nitrogens with one attached hydrogen (secondary N) is 1. The molecule has 0 heterocycles. The smallest absolute Gasteiger partial charge is 0.356 e. The number of hydrogen-bond donors (Lipinski definition) is 4. The quantitative estimate of drug-likeness (QED) is 0.416. The van der Waals surface area contributed by atoms with Crippen molar-refractivity contribution in [2.24, 2.45) is 0 Å². The van der Waals surface area contributed by atoms with Crippen molar-refractivity contribution in [3.63, 3.8) is 0 Å². The van der Waals surface area contributed by atoms with Crippen LogP contribution in [0.5, 0.6) is 0 Å². The van der Waals surface area contributed by atoms with Gasteiger partial charge < -0.3 is 20.2 Å². The molecule has 16 heavy (non-hydrogen) atoms. The van der Waals surface area contributed by atoms with Crippen molar-refractivity contribution in [2.75, 3.05) is 0 Å². The second kappa shape index (κ2) is 4.67. The van der Waals surface area contributed by atoms with E-state index in [9.17, 15) is 14.5 Å². The summed E-state index contributed by atoms with van der Waals surface area (Å²) < 4.78 is 11.0. The fourth-order valence-electron chi connectivity index (χ4n) is 1.37. The van der Waals surface area contributed by atoms with Crippen LogP contribution in [0.2, 0.25) is 0 Å². The number of rotatable bonds is 5. The molecule has 0 bridgehead atoms. The minimum absolute atomic E-state index is 0.274. The van der Waals surface area contributed by atoms with Crippen LogP contribution in [-0.2, 0) is 9.36 Å². The molecular weight excluding hydrogens is 233 g/mol. The summed E-state index contributed by atoms with van der Waals surface area (Å²) in [4.78, 5) is 28.9. The van der Waals surface area contributed by atoms with E-state index in [0.29, 0.717) is 0 Å². The number of amides is 1. The van der Waals surface area contributed by atoms with E-state index in [4.69, 9.17) is 9.79 Å². The molecule has 0 saturated carbocycles. The lowest BCUT2D eigenvalue weighted by Crippen LogP contribution is -2.48. The predicted molar refractivity (Wildman–Crippen MR) is 59.7 cm³/mol. The molecule has 0 spiro atoms. The lowest BCUT2D eigenvalue weighted by Gasteiger charge is -2.34. The molecule has 7 heteroatoms. The van der Waals surface area contributed by atoms with E-state index in [-0.39, 0.29) is 6.42 Å². The summed E-state index contributed by atoms with van der Waals surface area (Å²) in [5, 5.41) is 9.93. The van der Waals surface area contributed by atoms with Gasteiger partial charge in [-0.3, -0.25) is 9.36 Å². The maximum atomic E-state index is 11.1. The highest BCUT2D eigenvalue weighted by Gasteiger charge is 2.44. The van der Waals surface area contributed by atoms with Gasteiger partial charge in [0.25, 0.3) is 0 Å². The van der Waals surface area contributed by atoms with Crippen LogP contribution in [0.25, 0.3) is 0 Å². The lowest BCUT2D eigenvalue weighted by atomic mass is 9.97. The summed E-state index contributed by atoms with van der Waals surface area (Å²) >= 11 is 0. The minimum atomic E-state index is -4.64. The molecule has 94 valence electrons. The molecule has 1 unspecified atom stereocenters. The molecule has 0 fully saturated rings. The fraction of sp³-hybridized carbons (Fsp3) is 0.667. The van der Waals surface area contributed by atoms with Gasteiger partial charge in [-0.05, 0) is 26.8 Å². The number of carbonyl (C=O) groups excluding carboxylic acids is 1. The van der Waals surface area contributed by atoms with Crippen molar-refractivity contribution >= 4 is 13.5 Å². The Morgan fingerprint density at radius 3 is 2.19 bits per heavy atom. The van der Waals surface area contributed by atoms with Gasteiger partial charge >= 0.3 is 7.60 Å². The molecule has 0 saturated heterocycles. The molecule has 0 rings (SSSR count). The third-order valence-electron chi connectivity index (χ3n) is 2.05. The normalized spacial score (nSPS) is 16.4. The molecule has 0 aromatic rings. The maximum absolute atomic E-state index is 11.1. The molecule has 0 aromatic heterocycles. The molecule has 6 nitrogen and oxygen atoms in total. The van der Waals surface area contributed by atoms with Gasteiger partial charge in [-0.2, -0.15) is 0 Å². The first-order valence-electron chi connectivity index (χ1n) is 4.64. The van der Waals surface area contributed by atoms with Crippen molar-refractivity contribution in [1.82, 2.24) is 5.32 Å². The summed E-state index contributed by atoms with van der Waals surface area (Å²) in [6, 6.07) is 0. The topological polar surface area (TPSA) is 107 Å². The Kier molecular flexibility index (Phi) is 4.47. The van der Waals surface area contributed by atoms with Gasteiger partial charge in [0.2, 0.25) is 5.91 Å². The van der Waals surface area contributed by atoms with Crippen molar-refractivity contribution in [1.29, 1.82) is 0 Å². The largest absolute Gasteiger partial charge is 0.377 e. The van der Waals surface area contributed by atoms with Crippen molar-refractivity contribution in [3.05, 3.63) is 12.7 Å². The zero-order valence-electron chi connectivity index (χ0n) is 9.60. The average Bonchev–Trinajstić information content (AvgIpc) is 1.98. The number of hydrogen-bond acceptors (Lipinski definition) is 3. The Hall–Kier alpha value is -0.680. The summed E-state index contributed by atoms with van der Waals surface area (Å²) in [5.74, 6) is -0.466. The van der Waals surface area contributed by atoms with Crippen LogP contribution in [0.3, 0.4) is 0 Å². The van der Waals surface area contributed by atoms with Crippen LogP contribution in [0.1, 0.15) is 27.2 Å². The van der Waals surface area contributed by atoms with Crippen LogP contribution >= 0.6 is 7.60 Å². The van der Waals surface area contributed by atoms with Gasteiger partial charge in [-0.1, -0.05) is 6.58 Å². The first-order valence-corrected chi connectivity index (χ1v) is 6.25. The Labute approximate surface area is 94.5 Å². The third-order valence-corrected chi connectivity index (χ3v) is 3.46. The van der Waals surface area contributed by atoms with Crippen molar-refractivity contribution < 1.29 is 24.3 Å². The Morgan fingerprint density at radius 2 is 1.88 bits per heavy atom. The molecule has 1 atom stereocenters. The van der Waals surface area contributed by atoms with E-state index in [2.05, 4.69) is 11.9 Å². The summed E-state index contributed by atoms with van der Waals surface area (Å²) in [7, 11) is -4.64. The van der Waals surface area contributed by atoms with E-state index >= 15 is 0 Å². The lowest BCUT2D eigenvalue weighted by molar-refractivity contribution is -0.118.